The van der Waals surface area contributed by atoms with E-state index < -0.39 is 0 Å². The molecule has 0 bridgehead atoms. The lowest BCUT2D eigenvalue weighted by Gasteiger charge is -2.31. The molecule has 0 aliphatic carbocycles. The Bertz CT molecular complexity index is 453. The van der Waals surface area contributed by atoms with Crippen molar-refractivity contribution in [2.75, 3.05) is 19.6 Å². The Labute approximate surface area is 111 Å². The molecule has 1 aromatic carbocycles. The van der Waals surface area contributed by atoms with E-state index in [4.69, 9.17) is 11.6 Å². The van der Waals surface area contributed by atoms with Crippen molar-refractivity contribution in [3.8, 4) is 0 Å². The van der Waals surface area contributed by atoms with Gasteiger partial charge in [0.2, 0.25) is 0 Å². The van der Waals surface area contributed by atoms with E-state index in [-0.39, 0.29) is 10.6 Å². The summed E-state index contributed by atoms with van der Waals surface area (Å²) >= 11 is 5.91. The van der Waals surface area contributed by atoms with Crippen LogP contribution in [0.15, 0.2) is 18.2 Å². The second-order valence-corrected chi connectivity index (χ2v) is 5.06. The van der Waals surface area contributed by atoms with Gasteiger partial charge in [0, 0.05) is 48.9 Å². The summed E-state index contributed by atoms with van der Waals surface area (Å²) in [6, 6.07) is 5.14. The lowest BCUT2D eigenvalue weighted by Crippen LogP contribution is -2.48. The topological polar surface area (TPSA) is 58.4 Å². The van der Waals surface area contributed by atoms with Crippen molar-refractivity contribution in [2.45, 2.75) is 19.5 Å². The normalized spacial score (nSPS) is 20.9. The number of hydrogen-bond donors (Lipinski definition) is 1. The first-order chi connectivity index (χ1) is 8.56. The van der Waals surface area contributed by atoms with Crippen LogP contribution in [0.3, 0.4) is 0 Å². The lowest BCUT2D eigenvalue weighted by atomic mass is 10.1. The van der Waals surface area contributed by atoms with Gasteiger partial charge in [0.1, 0.15) is 0 Å². The van der Waals surface area contributed by atoms with Gasteiger partial charge in [0.05, 0.1) is 4.92 Å². The zero-order chi connectivity index (χ0) is 13.1. The molecule has 1 aromatic rings. The van der Waals surface area contributed by atoms with Crippen LogP contribution in [-0.4, -0.2) is 35.5 Å². The first kappa shape index (κ1) is 13.3. The first-order valence-corrected chi connectivity index (χ1v) is 6.32. The molecule has 0 saturated carbocycles. The van der Waals surface area contributed by atoms with Crippen molar-refractivity contribution < 1.29 is 4.92 Å². The van der Waals surface area contributed by atoms with Crippen molar-refractivity contribution in [1.29, 1.82) is 0 Å². The number of benzene rings is 1. The van der Waals surface area contributed by atoms with Crippen molar-refractivity contribution in [3.05, 3.63) is 38.9 Å². The molecule has 1 heterocycles. The number of nitro benzene ring substituents is 1. The molecule has 2 rings (SSSR count). The van der Waals surface area contributed by atoms with E-state index >= 15 is 0 Å². The predicted octanol–water partition coefficient (Wildman–Crippen LogP) is 2.04. The molecule has 6 heteroatoms. The fourth-order valence-corrected chi connectivity index (χ4v) is 2.45. The van der Waals surface area contributed by atoms with E-state index in [9.17, 15) is 10.1 Å². The van der Waals surface area contributed by atoms with Gasteiger partial charge in [-0.25, -0.2) is 0 Å². The fraction of sp³-hybridized carbons (Fsp3) is 0.500. The smallest absolute Gasteiger partial charge is 0.273 e. The molecule has 0 spiro atoms. The minimum absolute atomic E-state index is 0.144. The maximum atomic E-state index is 11.0. The van der Waals surface area contributed by atoms with Gasteiger partial charge >= 0.3 is 0 Å². The zero-order valence-electron chi connectivity index (χ0n) is 10.2. The molecule has 1 atom stereocenters. The standard InChI is InChI=1S/C12H16ClN3O2/c1-9-7-15(5-4-14-9)8-10-6-11(13)2-3-12(10)16(17)18/h2-3,6,9,14H,4-5,7-8H2,1H3. The van der Waals surface area contributed by atoms with Crippen LogP contribution in [0.1, 0.15) is 12.5 Å². The minimum atomic E-state index is -0.350. The van der Waals surface area contributed by atoms with Crippen molar-refractivity contribution in [2.24, 2.45) is 0 Å². The average molecular weight is 270 g/mol. The van der Waals surface area contributed by atoms with Crippen LogP contribution < -0.4 is 5.32 Å². The molecular weight excluding hydrogens is 254 g/mol. The van der Waals surface area contributed by atoms with Gasteiger partial charge in [0.15, 0.2) is 0 Å². The highest BCUT2D eigenvalue weighted by molar-refractivity contribution is 6.30. The summed E-state index contributed by atoms with van der Waals surface area (Å²) < 4.78 is 0. The summed E-state index contributed by atoms with van der Waals surface area (Å²) in [6.45, 7) is 5.38. The van der Waals surface area contributed by atoms with E-state index in [0.29, 0.717) is 23.2 Å². The van der Waals surface area contributed by atoms with Gasteiger partial charge in [-0.2, -0.15) is 0 Å². The maximum absolute atomic E-state index is 11.0. The number of piperazine rings is 1. The molecule has 1 aliphatic rings. The summed E-state index contributed by atoms with van der Waals surface area (Å²) in [6.07, 6.45) is 0. The van der Waals surface area contributed by atoms with Crippen LogP contribution in [-0.2, 0) is 6.54 Å². The summed E-state index contributed by atoms with van der Waals surface area (Å²) in [5.74, 6) is 0. The van der Waals surface area contributed by atoms with Crippen LogP contribution in [0.2, 0.25) is 5.02 Å². The van der Waals surface area contributed by atoms with Crippen molar-refractivity contribution >= 4 is 17.3 Å². The molecule has 98 valence electrons. The third kappa shape index (κ3) is 3.19. The van der Waals surface area contributed by atoms with Gasteiger partial charge in [0.25, 0.3) is 5.69 Å². The Balaban J connectivity index is 2.16. The molecule has 1 N–H and O–H groups in total. The third-order valence-corrected chi connectivity index (χ3v) is 3.32. The molecular formula is C12H16ClN3O2. The Morgan fingerprint density at radius 1 is 1.61 bits per heavy atom. The molecule has 0 aromatic heterocycles. The van der Waals surface area contributed by atoms with Gasteiger partial charge in [-0.15, -0.1) is 0 Å². The highest BCUT2D eigenvalue weighted by atomic mass is 35.5. The molecule has 1 saturated heterocycles. The number of halogens is 1. The monoisotopic (exact) mass is 269 g/mol. The van der Waals surface area contributed by atoms with Crippen molar-refractivity contribution in [3.63, 3.8) is 0 Å². The number of nitrogens with one attached hydrogen (secondary N) is 1. The van der Waals surface area contributed by atoms with Crippen LogP contribution in [0.5, 0.6) is 0 Å². The second kappa shape index (κ2) is 5.65. The van der Waals surface area contributed by atoms with Crippen LogP contribution in [0, 0.1) is 10.1 Å². The average Bonchev–Trinajstić information content (AvgIpc) is 2.28. The van der Waals surface area contributed by atoms with Crippen LogP contribution >= 0.6 is 11.6 Å². The van der Waals surface area contributed by atoms with Crippen LogP contribution in [0.4, 0.5) is 5.69 Å². The number of hydrogen-bond acceptors (Lipinski definition) is 4. The number of rotatable bonds is 3. The van der Waals surface area contributed by atoms with Gasteiger partial charge in [-0.1, -0.05) is 11.6 Å². The van der Waals surface area contributed by atoms with Gasteiger partial charge in [-0.3, -0.25) is 15.0 Å². The highest BCUT2D eigenvalue weighted by Gasteiger charge is 2.20. The summed E-state index contributed by atoms with van der Waals surface area (Å²) in [5.41, 5.74) is 0.826. The van der Waals surface area contributed by atoms with Crippen molar-refractivity contribution in [1.82, 2.24) is 10.2 Å². The molecule has 1 fully saturated rings. The second-order valence-electron chi connectivity index (χ2n) is 4.62. The van der Waals surface area contributed by atoms with E-state index in [2.05, 4.69) is 17.1 Å². The molecule has 18 heavy (non-hydrogen) atoms. The zero-order valence-corrected chi connectivity index (χ0v) is 11.0. The van der Waals surface area contributed by atoms with Crippen LogP contribution in [0.25, 0.3) is 0 Å². The first-order valence-electron chi connectivity index (χ1n) is 5.95. The largest absolute Gasteiger partial charge is 0.312 e. The third-order valence-electron chi connectivity index (χ3n) is 3.09. The van der Waals surface area contributed by atoms with Gasteiger partial charge < -0.3 is 5.32 Å². The van der Waals surface area contributed by atoms with E-state index in [0.717, 1.165) is 19.6 Å². The molecule has 5 nitrogen and oxygen atoms in total. The molecule has 0 radical (unpaired) electrons. The van der Waals surface area contributed by atoms with E-state index in [1.165, 1.54) is 6.07 Å². The minimum Gasteiger partial charge on any atom is -0.312 e. The molecule has 1 unspecified atom stereocenters. The summed E-state index contributed by atoms with van der Waals surface area (Å²) in [7, 11) is 0. The van der Waals surface area contributed by atoms with Gasteiger partial charge in [-0.05, 0) is 19.1 Å². The maximum Gasteiger partial charge on any atom is 0.273 e. The Kier molecular flexibility index (Phi) is 4.16. The quantitative estimate of drug-likeness (QED) is 0.674. The number of nitrogens with zero attached hydrogens (tertiary/aromatic N) is 2. The lowest BCUT2D eigenvalue weighted by molar-refractivity contribution is -0.385. The highest BCUT2D eigenvalue weighted by Crippen LogP contribution is 2.24. The summed E-state index contributed by atoms with van der Waals surface area (Å²) in [4.78, 5) is 12.8. The van der Waals surface area contributed by atoms with E-state index in [1.807, 2.05) is 0 Å². The predicted molar refractivity (Wildman–Crippen MR) is 70.8 cm³/mol. The Morgan fingerprint density at radius 2 is 2.39 bits per heavy atom. The Morgan fingerprint density at radius 3 is 3.06 bits per heavy atom. The number of nitro groups is 1. The molecule has 0 amide bonds. The SMILES string of the molecule is CC1CN(Cc2cc(Cl)ccc2[N+](=O)[O-])CCN1. The van der Waals surface area contributed by atoms with E-state index in [1.54, 1.807) is 12.1 Å². The fourth-order valence-electron chi connectivity index (χ4n) is 2.26. The molecule has 1 aliphatic heterocycles. The Hall–Kier alpha value is -1.17. The summed E-state index contributed by atoms with van der Waals surface area (Å²) in [5, 5.41) is 14.9.